The molecule has 0 spiro atoms. The fourth-order valence-electron chi connectivity index (χ4n) is 1.64. The molecule has 3 nitrogen and oxygen atoms in total. The van der Waals surface area contributed by atoms with Gasteiger partial charge in [-0.1, -0.05) is 19.1 Å². The Labute approximate surface area is 101 Å². The molecule has 0 bridgehead atoms. The predicted octanol–water partition coefficient (Wildman–Crippen LogP) is 2.43. The fourth-order valence-corrected chi connectivity index (χ4v) is 1.64. The SMILES string of the molecule is CCOC(=O)CNC(CC)c1cccc(F)c1. The minimum Gasteiger partial charge on any atom is -0.465 e. The Morgan fingerprint density at radius 3 is 2.82 bits per heavy atom. The normalized spacial score (nSPS) is 12.2. The molecule has 1 N–H and O–H groups in total. The standard InChI is InChI=1S/C13H18FNO2/c1-3-12(15-9-13(16)17-4-2)10-6-5-7-11(14)8-10/h5-8,12,15H,3-4,9H2,1-2H3. The summed E-state index contributed by atoms with van der Waals surface area (Å²) in [5.41, 5.74) is 0.844. The van der Waals surface area contributed by atoms with Crippen LogP contribution in [0.3, 0.4) is 0 Å². The van der Waals surface area contributed by atoms with Gasteiger partial charge in [-0.2, -0.15) is 0 Å². The first-order valence-electron chi connectivity index (χ1n) is 5.81. The topological polar surface area (TPSA) is 38.3 Å². The first-order valence-corrected chi connectivity index (χ1v) is 5.81. The van der Waals surface area contributed by atoms with Crippen molar-refractivity contribution in [2.75, 3.05) is 13.2 Å². The lowest BCUT2D eigenvalue weighted by molar-refractivity contribution is -0.142. The number of hydrogen-bond donors (Lipinski definition) is 1. The van der Waals surface area contributed by atoms with E-state index in [9.17, 15) is 9.18 Å². The third-order valence-electron chi connectivity index (χ3n) is 2.46. The van der Waals surface area contributed by atoms with E-state index >= 15 is 0 Å². The zero-order valence-corrected chi connectivity index (χ0v) is 10.2. The number of nitrogens with one attached hydrogen (secondary N) is 1. The molecule has 0 aliphatic heterocycles. The lowest BCUT2D eigenvalue weighted by atomic mass is 10.0. The number of halogens is 1. The van der Waals surface area contributed by atoms with Crippen LogP contribution in [0, 0.1) is 5.82 Å². The minimum absolute atomic E-state index is 0.0323. The van der Waals surface area contributed by atoms with Crippen molar-refractivity contribution in [1.82, 2.24) is 5.32 Å². The Bertz CT molecular complexity index is 368. The van der Waals surface area contributed by atoms with Crippen LogP contribution in [-0.4, -0.2) is 19.1 Å². The van der Waals surface area contributed by atoms with Crippen LogP contribution in [0.25, 0.3) is 0 Å². The highest BCUT2D eigenvalue weighted by Crippen LogP contribution is 2.16. The van der Waals surface area contributed by atoms with Crippen LogP contribution in [0.2, 0.25) is 0 Å². The van der Waals surface area contributed by atoms with Crippen molar-refractivity contribution < 1.29 is 13.9 Å². The van der Waals surface area contributed by atoms with Crippen molar-refractivity contribution in [3.05, 3.63) is 35.6 Å². The highest BCUT2D eigenvalue weighted by molar-refractivity contribution is 5.71. The fraction of sp³-hybridized carbons (Fsp3) is 0.462. The van der Waals surface area contributed by atoms with Crippen LogP contribution < -0.4 is 5.32 Å². The van der Waals surface area contributed by atoms with Gasteiger partial charge in [0.1, 0.15) is 5.82 Å². The van der Waals surface area contributed by atoms with E-state index in [-0.39, 0.29) is 24.4 Å². The summed E-state index contributed by atoms with van der Waals surface area (Å²) in [6.07, 6.45) is 0.781. The maximum Gasteiger partial charge on any atom is 0.319 e. The number of hydrogen-bond acceptors (Lipinski definition) is 3. The highest BCUT2D eigenvalue weighted by atomic mass is 19.1. The molecule has 0 saturated heterocycles. The van der Waals surface area contributed by atoms with E-state index in [1.165, 1.54) is 12.1 Å². The second-order valence-electron chi connectivity index (χ2n) is 3.70. The van der Waals surface area contributed by atoms with Gasteiger partial charge < -0.3 is 10.1 Å². The molecule has 1 rings (SSSR count). The van der Waals surface area contributed by atoms with Gasteiger partial charge in [-0.3, -0.25) is 4.79 Å². The quantitative estimate of drug-likeness (QED) is 0.775. The Morgan fingerprint density at radius 2 is 2.24 bits per heavy atom. The van der Waals surface area contributed by atoms with Crippen LogP contribution in [0.1, 0.15) is 31.9 Å². The summed E-state index contributed by atoms with van der Waals surface area (Å²) in [6, 6.07) is 6.36. The predicted molar refractivity (Wildman–Crippen MR) is 64.1 cm³/mol. The van der Waals surface area contributed by atoms with E-state index < -0.39 is 0 Å². The van der Waals surface area contributed by atoms with E-state index in [4.69, 9.17) is 4.74 Å². The average molecular weight is 239 g/mol. The van der Waals surface area contributed by atoms with Crippen LogP contribution in [0.5, 0.6) is 0 Å². The zero-order valence-electron chi connectivity index (χ0n) is 10.2. The summed E-state index contributed by atoms with van der Waals surface area (Å²) in [5, 5.41) is 3.06. The molecule has 0 fully saturated rings. The monoisotopic (exact) mass is 239 g/mol. The first-order chi connectivity index (χ1) is 8.17. The largest absolute Gasteiger partial charge is 0.465 e. The van der Waals surface area contributed by atoms with E-state index in [1.807, 2.05) is 13.0 Å². The third-order valence-corrected chi connectivity index (χ3v) is 2.46. The van der Waals surface area contributed by atoms with Gasteiger partial charge in [-0.15, -0.1) is 0 Å². The summed E-state index contributed by atoms with van der Waals surface area (Å²) >= 11 is 0. The van der Waals surface area contributed by atoms with Gasteiger partial charge in [0.05, 0.1) is 13.2 Å². The smallest absolute Gasteiger partial charge is 0.319 e. The van der Waals surface area contributed by atoms with Gasteiger partial charge in [0.15, 0.2) is 0 Å². The molecule has 1 aromatic rings. The van der Waals surface area contributed by atoms with E-state index in [1.54, 1.807) is 13.0 Å². The highest BCUT2D eigenvalue weighted by Gasteiger charge is 2.11. The summed E-state index contributed by atoms with van der Waals surface area (Å²) in [6.45, 7) is 4.26. The number of rotatable bonds is 6. The van der Waals surface area contributed by atoms with E-state index in [0.717, 1.165) is 12.0 Å². The number of carbonyl (C=O) groups excluding carboxylic acids is 1. The summed E-state index contributed by atoms with van der Waals surface area (Å²) < 4.78 is 17.9. The van der Waals surface area contributed by atoms with Gasteiger partial charge in [0, 0.05) is 6.04 Å². The van der Waals surface area contributed by atoms with Gasteiger partial charge in [-0.05, 0) is 31.0 Å². The van der Waals surface area contributed by atoms with Crippen molar-refractivity contribution in [3.8, 4) is 0 Å². The van der Waals surface area contributed by atoms with Crippen molar-refractivity contribution in [1.29, 1.82) is 0 Å². The Balaban J connectivity index is 2.57. The van der Waals surface area contributed by atoms with Crippen molar-refractivity contribution >= 4 is 5.97 Å². The molecule has 0 radical (unpaired) electrons. The molecule has 0 aliphatic rings. The first kappa shape index (κ1) is 13.6. The Morgan fingerprint density at radius 1 is 1.47 bits per heavy atom. The lowest BCUT2D eigenvalue weighted by Gasteiger charge is -2.16. The molecule has 0 aromatic heterocycles. The van der Waals surface area contributed by atoms with Gasteiger partial charge in [-0.25, -0.2) is 4.39 Å². The molecule has 4 heteroatoms. The lowest BCUT2D eigenvalue weighted by Crippen LogP contribution is -2.28. The maximum absolute atomic E-state index is 13.1. The summed E-state index contributed by atoms with van der Waals surface area (Å²) in [4.78, 5) is 11.2. The molecule has 1 aromatic carbocycles. The number of esters is 1. The summed E-state index contributed by atoms with van der Waals surface area (Å²) in [5.74, 6) is -0.554. The third kappa shape index (κ3) is 4.53. The van der Waals surface area contributed by atoms with Crippen LogP contribution in [0.4, 0.5) is 4.39 Å². The van der Waals surface area contributed by atoms with Crippen molar-refractivity contribution in [3.63, 3.8) is 0 Å². The minimum atomic E-state index is -0.289. The molecule has 0 saturated carbocycles. The van der Waals surface area contributed by atoms with Gasteiger partial charge in [0.25, 0.3) is 0 Å². The van der Waals surface area contributed by atoms with Crippen LogP contribution in [0.15, 0.2) is 24.3 Å². The molecule has 94 valence electrons. The molecule has 0 amide bonds. The van der Waals surface area contributed by atoms with Crippen molar-refractivity contribution in [2.24, 2.45) is 0 Å². The van der Waals surface area contributed by atoms with E-state index in [2.05, 4.69) is 5.32 Å². The van der Waals surface area contributed by atoms with Gasteiger partial charge in [0.2, 0.25) is 0 Å². The summed E-state index contributed by atoms with van der Waals surface area (Å²) in [7, 11) is 0. The number of carbonyl (C=O) groups is 1. The van der Waals surface area contributed by atoms with Crippen molar-refractivity contribution in [2.45, 2.75) is 26.3 Å². The molecular formula is C13H18FNO2. The molecule has 0 heterocycles. The second kappa shape index (κ2) is 7.01. The maximum atomic E-state index is 13.1. The second-order valence-corrected chi connectivity index (χ2v) is 3.70. The number of benzene rings is 1. The van der Waals surface area contributed by atoms with Crippen LogP contribution in [-0.2, 0) is 9.53 Å². The molecule has 1 atom stereocenters. The number of ether oxygens (including phenoxy) is 1. The molecule has 0 aliphatic carbocycles. The molecular weight excluding hydrogens is 221 g/mol. The van der Waals surface area contributed by atoms with Gasteiger partial charge >= 0.3 is 5.97 Å². The van der Waals surface area contributed by atoms with Crippen LogP contribution >= 0.6 is 0 Å². The Kier molecular flexibility index (Phi) is 5.63. The molecule has 17 heavy (non-hydrogen) atoms. The zero-order chi connectivity index (χ0) is 12.7. The average Bonchev–Trinajstić information content (AvgIpc) is 2.30. The van der Waals surface area contributed by atoms with E-state index in [0.29, 0.717) is 6.61 Å². The Hall–Kier alpha value is -1.42. The molecule has 1 unspecified atom stereocenters.